The third-order valence-electron chi connectivity index (χ3n) is 1.72. The summed E-state index contributed by atoms with van der Waals surface area (Å²) in [6.45, 7) is 0. The van der Waals surface area contributed by atoms with E-state index in [0.717, 1.165) is 29.9 Å². The number of thioether (sulfide) groups is 1. The lowest BCUT2D eigenvalue weighted by Crippen LogP contribution is -2.04. The first-order valence-corrected chi connectivity index (χ1v) is 6.55. The number of rotatable bonds is 2. The zero-order valence-corrected chi connectivity index (χ0v) is 8.33. The van der Waals surface area contributed by atoms with E-state index >= 15 is 0 Å². The van der Waals surface area contributed by atoms with Gasteiger partial charge in [-0.1, -0.05) is 11.6 Å². The Balaban J connectivity index is 2.45. The van der Waals surface area contributed by atoms with Crippen molar-refractivity contribution < 1.29 is 13.0 Å². The second kappa shape index (κ2) is 4.30. The molecule has 1 aliphatic rings. The van der Waals surface area contributed by atoms with E-state index in [2.05, 4.69) is 0 Å². The predicted octanol–water partition coefficient (Wildman–Crippen LogP) is 1.33. The van der Waals surface area contributed by atoms with Crippen molar-refractivity contribution in [3.8, 4) is 0 Å². The van der Waals surface area contributed by atoms with E-state index in [9.17, 15) is 8.42 Å². The minimum atomic E-state index is -3.81. The molecule has 0 radical (unpaired) electrons. The van der Waals surface area contributed by atoms with Gasteiger partial charge in [-0.2, -0.15) is 20.2 Å². The van der Waals surface area contributed by atoms with Crippen LogP contribution in [0.5, 0.6) is 0 Å². The van der Waals surface area contributed by atoms with E-state index < -0.39 is 10.1 Å². The predicted molar refractivity (Wildman–Crippen MR) is 51.1 cm³/mol. The first kappa shape index (κ1) is 10.1. The zero-order chi connectivity index (χ0) is 9.03. The second-order valence-electron chi connectivity index (χ2n) is 2.72. The topological polar surface area (TPSA) is 54.4 Å². The van der Waals surface area contributed by atoms with Gasteiger partial charge in [0.05, 0.1) is 5.75 Å². The molecule has 0 aromatic carbocycles. The monoisotopic (exact) mass is 208 g/mol. The number of allylic oxidation sites excluding steroid dienone is 1. The Labute approximate surface area is 77.0 Å². The summed E-state index contributed by atoms with van der Waals surface area (Å²) in [4.78, 5) is 0. The standard InChI is InChI=1S/C7H12O3S2/c8-12(9,10)6-3-7-1-4-11-5-2-7/h3H,1-2,4-6H2,(H,8,9,10). The molecule has 1 aliphatic heterocycles. The zero-order valence-electron chi connectivity index (χ0n) is 6.69. The van der Waals surface area contributed by atoms with Gasteiger partial charge in [-0.05, 0) is 24.3 Å². The lowest BCUT2D eigenvalue weighted by Gasteiger charge is -2.12. The summed E-state index contributed by atoms with van der Waals surface area (Å²) >= 11 is 1.88. The third-order valence-corrected chi connectivity index (χ3v) is 3.29. The van der Waals surface area contributed by atoms with Crippen LogP contribution in [0, 0.1) is 0 Å². The number of hydrogen-bond donors (Lipinski definition) is 1. The van der Waals surface area contributed by atoms with Gasteiger partial charge in [0.15, 0.2) is 0 Å². The highest BCUT2D eigenvalue weighted by molar-refractivity contribution is 7.99. The summed E-state index contributed by atoms with van der Waals surface area (Å²) in [6.07, 6.45) is 3.55. The summed E-state index contributed by atoms with van der Waals surface area (Å²) < 4.78 is 29.2. The molecule has 0 aromatic heterocycles. The Morgan fingerprint density at radius 2 is 2.00 bits per heavy atom. The molecular formula is C7H12O3S2. The van der Waals surface area contributed by atoms with Crippen molar-refractivity contribution in [2.75, 3.05) is 17.3 Å². The Morgan fingerprint density at radius 1 is 1.42 bits per heavy atom. The molecule has 0 unspecified atom stereocenters. The molecule has 5 heteroatoms. The van der Waals surface area contributed by atoms with Gasteiger partial charge in [0, 0.05) is 0 Å². The minimum Gasteiger partial charge on any atom is -0.285 e. The van der Waals surface area contributed by atoms with Crippen molar-refractivity contribution >= 4 is 21.9 Å². The molecule has 0 atom stereocenters. The van der Waals surface area contributed by atoms with Crippen LogP contribution in [0.25, 0.3) is 0 Å². The molecule has 12 heavy (non-hydrogen) atoms. The molecule has 0 spiro atoms. The van der Waals surface area contributed by atoms with Gasteiger partial charge in [0.1, 0.15) is 0 Å². The van der Waals surface area contributed by atoms with Crippen molar-refractivity contribution in [1.82, 2.24) is 0 Å². The molecule has 3 nitrogen and oxygen atoms in total. The maximum absolute atomic E-state index is 10.4. The molecule has 1 fully saturated rings. The van der Waals surface area contributed by atoms with E-state index in [1.54, 1.807) is 6.08 Å². The summed E-state index contributed by atoms with van der Waals surface area (Å²) in [7, 11) is -3.81. The first-order valence-electron chi connectivity index (χ1n) is 3.79. The minimum absolute atomic E-state index is 0.229. The van der Waals surface area contributed by atoms with Crippen LogP contribution < -0.4 is 0 Å². The van der Waals surface area contributed by atoms with E-state index in [4.69, 9.17) is 4.55 Å². The fourth-order valence-corrected chi connectivity index (χ4v) is 2.52. The SMILES string of the molecule is O=S(=O)(O)CC=C1CCSCC1. The van der Waals surface area contributed by atoms with Gasteiger partial charge in [0.2, 0.25) is 0 Å². The van der Waals surface area contributed by atoms with Crippen LogP contribution >= 0.6 is 11.8 Å². The van der Waals surface area contributed by atoms with Crippen LogP contribution in [0.2, 0.25) is 0 Å². The number of hydrogen-bond acceptors (Lipinski definition) is 3. The fraction of sp³-hybridized carbons (Fsp3) is 0.714. The Hall–Kier alpha value is -0.000000000000000111. The van der Waals surface area contributed by atoms with Crippen molar-refractivity contribution in [1.29, 1.82) is 0 Å². The smallest absolute Gasteiger partial charge is 0.268 e. The van der Waals surface area contributed by atoms with Crippen molar-refractivity contribution in [2.24, 2.45) is 0 Å². The van der Waals surface area contributed by atoms with Crippen molar-refractivity contribution in [3.63, 3.8) is 0 Å². The average Bonchev–Trinajstić information content (AvgIpc) is 2.02. The van der Waals surface area contributed by atoms with Crippen LogP contribution in [-0.2, 0) is 10.1 Å². The highest BCUT2D eigenvalue weighted by Gasteiger charge is 2.07. The van der Waals surface area contributed by atoms with Gasteiger partial charge in [-0.25, -0.2) is 0 Å². The summed E-state index contributed by atoms with van der Waals surface area (Å²) in [5.74, 6) is 1.90. The van der Waals surface area contributed by atoms with Crippen LogP contribution in [0.4, 0.5) is 0 Å². The maximum atomic E-state index is 10.4. The van der Waals surface area contributed by atoms with E-state index in [0.29, 0.717) is 0 Å². The molecule has 70 valence electrons. The van der Waals surface area contributed by atoms with Crippen molar-refractivity contribution in [2.45, 2.75) is 12.8 Å². The quantitative estimate of drug-likeness (QED) is 0.549. The molecule has 1 saturated heterocycles. The Bertz CT molecular complexity index is 258. The third kappa shape index (κ3) is 4.13. The Kier molecular flexibility index (Phi) is 3.61. The van der Waals surface area contributed by atoms with Crippen LogP contribution in [0.15, 0.2) is 11.6 Å². The highest BCUT2D eigenvalue weighted by atomic mass is 32.2. The van der Waals surface area contributed by atoms with E-state index in [1.165, 1.54) is 0 Å². The lowest BCUT2D eigenvalue weighted by molar-refractivity contribution is 0.486. The second-order valence-corrected chi connectivity index (χ2v) is 5.45. The van der Waals surface area contributed by atoms with Crippen LogP contribution in [0.3, 0.4) is 0 Å². The first-order chi connectivity index (χ1) is 5.58. The molecule has 0 bridgehead atoms. The fourth-order valence-electron chi connectivity index (χ4n) is 1.06. The van der Waals surface area contributed by atoms with E-state index in [1.807, 2.05) is 11.8 Å². The van der Waals surface area contributed by atoms with Gasteiger partial charge >= 0.3 is 0 Å². The van der Waals surface area contributed by atoms with Crippen molar-refractivity contribution in [3.05, 3.63) is 11.6 Å². The Morgan fingerprint density at radius 3 is 2.50 bits per heavy atom. The summed E-state index contributed by atoms with van der Waals surface area (Å²) in [5.41, 5.74) is 1.16. The molecule has 1 N–H and O–H groups in total. The molecule has 0 aromatic rings. The van der Waals surface area contributed by atoms with Gasteiger partial charge in [-0.15, -0.1) is 0 Å². The lowest BCUT2D eigenvalue weighted by atomic mass is 10.1. The van der Waals surface area contributed by atoms with Gasteiger partial charge in [-0.3, -0.25) is 4.55 Å². The van der Waals surface area contributed by atoms with Crippen LogP contribution in [-0.4, -0.2) is 30.2 Å². The molecular weight excluding hydrogens is 196 g/mol. The average molecular weight is 208 g/mol. The largest absolute Gasteiger partial charge is 0.285 e. The molecule has 0 aliphatic carbocycles. The maximum Gasteiger partial charge on any atom is 0.268 e. The summed E-state index contributed by atoms with van der Waals surface area (Å²) in [6, 6.07) is 0. The summed E-state index contributed by atoms with van der Waals surface area (Å²) in [5, 5.41) is 0. The van der Waals surface area contributed by atoms with Crippen LogP contribution in [0.1, 0.15) is 12.8 Å². The van der Waals surface area contributed by atoms with E-state index in [-0.39, 0.29) is 5.75 Å². The molecule has 0 amide bonds. The normalized spacial score (nSPS) is 19.2. The highest BCUT2D eigenvalue weighted by Crippen LogP contribution is 2.21. The van der Waals surface area contributed by atoms with Gasteiger partial charge < -0.3 is 0 Å². The van der Waals surface area contributed by atoms with Gasteiger partial charge in [0.25, 0.3) is 10.1 Å². The molecule has 1 rings (SSSR count). The molecule has 1 heterocycles. The molecule has 0 saturated carbocycles.